The van der Waals surface area contributed by atoms with Crippen LogP contribution in [0.2, 0.25) is 0 Å². The molecule has 0 aromatic heterocycles. The third-order valence-corrected chi connectivity index (χ3v) is 4.17. The molecule has 1 aromatic carbocycles. The fraction of sp³-hybridized carbons (Fsp3) is 0.500. The van der Waals surface area contributed by atoms with Crippen molar-refractivity contribution >= 4 is 33.4 Å². The van der Waals surface area contributed by atoms with Crippen LogP contribution in [0.25, 0.3) is 0 Å². The zero-order valence-electron chi connectivity index (χ0n) is 11.0. The number of aryl methyl sites for hydroxylation is 1. The van der Waals surface area contributed by atoms with E-state index in [9.17, 15) is 4.79 Å². The summed E-state index contributed by atoms with van der Waals surface area (Å²) < 4.78 is 6.49. The number of ether oxygens (including phenoxy) is 1. The number of morpholine rings is 1. The quantitative estimate of drug-likeness (QED) is 0.770. The van der Waals surface area contributed by atoms with Gasteiger partial charge in [0.1, 0.15) is 0 Å². The van der Waals surface area contributed by atoms with Gasteiger partial charge in [0.05, 0.1) is 23.7 Å². The molecule has 2 atom stereocenters. The molecule has 0 N–H and O–H groups in total. The number of carbonyl (C=O) groups is 1. The van der Waals surface area contributed by atoms with Gasteiger partial charge in [0.25, 0.3) is 5.91 Å². The first-order chi connectivity index (χ1) is 9.01. The third-order valence-electron chi connectivity index (χ3n) is 3.14. The summed E-state index contributed by atoms with van der Waals surface area (Å²) in [6, 6.07) is 5.79. The maximum Gasteiger partial charge on any atom is 0.255 e. The minimum atomic E-state index is -0.0852. The number of amides is 1. The lowest BCUT2D eigenvalue weighted by molar-refractivity contribution is -0.0570. The molecule has 0 saturated carbocycles. The Morgan fingerprint density at radius 3 is 2.95 bits per heavy atom. The van der Waals surface area contributed by atoms with Crippen LogP contribution in [0, 0.1) is 6.92 Å². The summed E-state index contributed by atoms with van der Waals surface area (Å²) in [6.45, 7) is 5.09. The molecule has 1 aliphatic heterocycles. The second kappa shape index (κ2) is 6.25. The highest BCUT2D eigenvalue weighted by Crippen LogP contribution is 2.22. The average Bonchev–Trinajstić information content (AvgIpc) is 2.40. The van der Waals surface area contributed by atoms with Crippen LogP contribution in [-0.2, 0) is 4.74 Å². The number of rotatable bonds is 2. The van der Waals surface area contributed by atoms with Crippen LogP contribution in [0.4, 0.5) is 0 Å². The molecule has 1 aliphatic rings. The SMILES string of the molecule is Cc1ccc(Br)c(C(=O)N2CC(C)OC(CCl)C2)c1. The Bertz CT molecular complexity index is 481. The largest absolute Gasteiger partial charge is 0.370 e. The van der Waals surface area contributed by atoms with Gasteiger partial charge in [-0.25, -0.2) is 0 Å². The van der Waals surface area contributed by atoms with E-state index in [1.807, 2.05) is 36.9 Å². The van der Waals surface area contributed by atoms with E-state index >= 15 is 0 Å². The van der Waals surface area contributed by atoms with Crippen molar-refractivity contribution in [3.05, 3.63) is 33.8 Å². The van der Waals surface area contributed by atoms with Crippen molar-refractivity contribution in [2.75, 3.05) is 19.0 Å². The maximum absolute atomic E-state index is 12.6. The zero-order chi connectivity index (χ0) is 14.0. The number of hydrogen-bond donors (Lipinski definition) is 0. The van der Waals surface area contributed by atoms with Crippen molar-refractivity contribution in [2.45, 2.75) is 26.1 Å². The van der Waals surface area contributed by atoms with E-state index in [-0.39, 0.29) is 18.1 Å². The van der Waals surface area contributed by atoms with Gasteiger partial charge in [0.15, 0.2) is 0 Å². The lowest BCUT2D eigenvalue weighted by Gasteiger charge is -2.36. The predicted octanol–water partition coefficient (Wildman–Crippen LogP) is 3.23. The maximum atomic E-state index is 12.6. The number of carbonyl (C=O) groups excluding carboxylic acids is 1. The lowest BCUT2D eigenvalue weighted by atomic mass is 10.1. The first-order valence-corrected chi connectivity index (χ1v) is 7.61. The van der Waals surface area contributed by atoms with E-state index in [0.29, 0.717) is 24.5 Å². The zero-order valence-corrected chi connectivity index (χ0v) is 13.4. The van der Waals surface area contributed by atoms with Crippen molar-refractivity contribution in [2.24, 2.45) is 0 Å². The molecule has 3 nitrogen and oxygen atoms in total. The first-order valence-electron chi connectivity index (χ1n) is 6.28. The molecular weight excluding hydrogens is 330 g/mol. The fourth-order valence-corrected chi connectivity index (χ4v) is 2.86. The van der Waals surface area contributed by atoms with Crippen molar-refractivity contribution in [3.8, 4) is 0 Å². The Kier molecular flexibility index (Phi) is 4.87. The second-order valence-electron chi connectivity index (χ2n) is 4.92. The Balaban J connectivity index is 2.21. The van der Waals surface area contributed by atoms with Gasteiger partial charge in [-0.3, -0.25) is 4.79 Å². The molecule has 104 valence electrons. The van der Waals surface area contributed by atoms with Crippen LogP contribution < -0.4 is 0 Å². The molecule has 0 aliphatic carbocycles. The summed E-state index contributed by atoms with van der Waals surface area (Å²) in [6.07, 6.45) is -0.0667. The normalized spacial score (nSPS) is 23.5. The molecule has 2 rings (SSSR count). The van der Waals surface area contributed by atoms with Gasteiger partial charge in [-0.2, -0.15) is 0 Å². The van der Waals surface area contributed by atoms with E-state index in [0.717, 1.165) is 10.0 Å². The topological polar surface area (TPSA) is 29.5 Å². The number of alkyl halides is 1. The average molecular weight is 347 g/mol. The smallest absolute Gasteiger partial charge is 0.255 e. The van der Waals surface area contributed by atoms with E-state index in [2.05, 4.69) is 15.9 Å². The van der Waals surface area contributed by atoms with Crippen molar-refractivity contribution < 1.29 is 9.53 Å². The molecule has 1 saturated heterocycles. The van der Waals surface area contributed by atoms with E-state index < -0.39 is 0 Å². The molecule has 1 aromatic rings. The summed E-state index contributed by atoms with van der Waals surface area (Å²) in [5.74, 6) is 0.434. The van der Waals surface area contributed by atoms with E-state index in [1.54, 1.807) is 0 Å². The molecule has 1 heterocycles. The molecule has 5 heteroatoms. The summed E-state index contributed by atoms with van der Waals surface area (Å²) in [7, 11) is 0. The number of halogens is 2. The minimum absolute atomic E-state index is 0.0186. The Hall–Kier alpha value is -0.580. The van der Waals surface area contributed by atoms with Crippen LogP contribution in [0.3, 0.4) is 0 Å². The van der Waals surface area contributed by atoms with Gasteiger partial charge < -0.3 is 9.64 Å². The van der Waals surface area contributed by atoms with Gasteiger partial charge in [0.2, 0.25) is 0 Å². The Morgan fingerprint density at radius 1 is 1.53 bits per heavy atom. The summed E-state index contributed by atoms with van der Waals surface area (Å²) >= 11 is 9.29. The lowest BCUT2D eigenvalue weighted by Crippen LogP contribution is -2.49. The van der Waals surface area contributed by atoms with E-state index in [1.165, 1.54) is 0 Å². The molecule has 1 amide bonds. The fourth-order valence-electron chi connectivity index (χ4n) is 2.27. The molecule has 19 heavy (non-hydrogen) atoms. The minimum Gasteiger partial charge on any atom is -0.370 e. The van der Waals surface area contributed by atoms with Crippen LogP contribution >= 0.6 is 27.5 Å². The summed E-state index contributed by atoms with van der Waals surface area (Å²) in [4.78, 5) is 14.4. The molecule has 2 unspecified atom stereocenters. The highest BCUT2D eigenvalue weighted by molar-refractivity contribution is 9.10. The third kappa shape index (κ3) is 3.50. The van der Waals surface area contributed by atoms with Crippen LogP contribution in [0.1, 0.15) is 22.8 Å². The van der Waals surface area contributed by atoms with Crippen LogP contribution in [0.5, 0.6) is 0 Å². The first kappa shape index (κ1) is 14.8. The van der Waals surface area contributed by atoms with Gasteiger partial charge in [-0.15, -0.1) is 11.6 Å². The van der Waals surface area contributed by atoms with Crippen LogP contribution in [0.15, 0.2) is 22.7 Å². The highest BCUT2D eigenvalue weighted by Gasteiger charge is 2.29. The Labute approximate surface area is 127 Å². The highest BCUT2D eigenvalue weighted by atomic mass is 79.9. The van der Waals surface area contributed by atoms with E-state index in [4.69, 9.17) is 16.3 Å². The van der Waals surface area contributed by atoms with Crippen molar-refractivity contribution in [3.63, 3.8) is 0 Å². The van der Waals surface area contributed by atoms with Crippen molar-refractivity contribution in [1.82, 2.24) is 4.90 Å². The predicted molar refractivity (Wildman–Crippen MR) is 79.8 cm³/mol. The number of benzene rings is 1. The second-order valence-corrected chi connectivity index (χ2v) is 6.08. The number of hydrogen-bond acceptors (Lipinski definition) is 2. The summed E-state index contributed by atoms with van der Waals surface area (Å²) in [5, 5.41) is 0. The molecule has 0 bridgehead atoms. The number of nitrogens with zero attached hydrogens (tertiary/aromatic N) is 1. The monoisotopic (exact) mass is 345 g/mol. The van der Waals surface area contributed by atoms with Gasteiger partial charge in [0, 0.05) is 17.6 Å². The van der Waals surface area contributed by atoms with Gasteiger partial charge in [-0.1, -0.05) is 11.6 Å². The van der Waals surface area contributed by atoms with Gasteiger partial charge >= 0.3 is 0 Å². The Morgan fingerprint density at radius 2 is 2.26 bits per heavy atom. The summed E-state index contributed by atoms with van der Waals surface area (Å²) in [5.41, 5.74) is 1.77. The van der Waals surface area contributed by atoms with Crippen molar-refractivity contribution in [1.29, 1.82) is 0 Å². The molecule has 1 fully saturated rings. The van der Waals surface area contributed by atoms with Crippen LogP contribution in [-0.4, -0.2) is 42.0 Å². The van der Waals surface area contributed by atoms with Gasteiger partial charge in [-0.05, 0) is 41.9 Å². The molecular formula is C14H17BrClNO2. The molecule has 0 spiro atoms. The molecule has 0 radical (unpaired) electrons. The standard InChI is InChI=1S/C14H17BrClNO2/c1-9-3-4-13(15)12(5-9)14(18)17-7-10(2)19-11(6-16)8-17/h3-5,10-11H,6-8H2,1-2H3.